The van der Waals surface area contributed by atoms with Crippen LogP contribution in [0.3, 0.4) is 0 Å². The van der Waals surface area contributed by atoms with Crippen LogP contribution >= 0.6 is 11.8 Å². The predicted octanol–water partition coefficient (Wildman–Crippen LogP) is 4.26. The van der Waals surface area contributed by atoms with Crippen molar-refractivity contribution in [3.05, 3.63) is 90.5 Å². The lowest BCUT2D eigenvalue weighted by Crippen LogP contribution is -2.19. The zero-order chi connectivity index (χ0) is 20.9. The van der Waals surface area contributed by atoms with Gasteiger partial charge >= 0.3 is 0 Å². The summed E-state index contributed by atoms with van der Waals surface area (Å²) < 4.78 is 7.29. The number of hydrogen-bond donors (Lipinski definition) is 1. The van der Waals surface area contributed by atoms with E-state index in [2.05, 4.69) is 10.2 Å². The summed E-state index contributed by atoms with van der Waals surface area (Å²) in [5.74, 6) is 0.944. The Morgan fingerprint density at radius 3 is 2.33 bits per heavy atom. The zero-order valence-electron chi connectivity index (χ0n) is 16.3. The van der Waals surface area contributed by atoms with Gasteiger partial charge in [0.1, 0.15) is 11.0 Å². The Balaban J connectivity index is 1.82. The third-order valence-electron chi connectivity index (χ3n) is 4.56. The molecule has 4 rings (SSSR count). The monoisotopic (exact) mass is 416 g/mol. The highest BCUT2D eigenvalue weighted by atomic mass is 32.2. The van der Waals surface area contributed by atoms with Gasteiger partial charge in [0.15, 0.2) is 11.0 Å². The van der Waals surface area contributed by atoms with Gasteiger partial charge < -0.3 is 10.5 Å². The first-order valence-corrected chi connectivity index (χ1v) is 10.2. The quantitative estimate of drug-likeness (QED) is 0.455. The van der Waals surface area contributed by atoms with Gasteiger partial charge in [-0.3, -0.25) is 9.36 Å². The van der Waals surface area contributed by atoms with Gasteiger partial charge in [0.25, 0.3) is 0 Å². The Morgan fingerprint density at radius 2 is 1.67 bits per heavy atom. The number of hydrogen-bond acceptors (Lipinski definition) is 5. The lowest BCUT2D eigenvalue weighted by molar-refractivity contribution is -0.117. The fraction of sp³-hybridized carbons (Fsp3) is 0.0870. The molecular formula is C23H20N4O2S. The van der Waals surface area contributed by atoms with E-state index >= 15 is 0 Å². The first-order valence-electron chi connectivity index (χ1n) is 9.33. The summed E-state index contributed by atoms with van der Waals surface area (Å²) in [6.45, 7) is 0. The van der Waals surface area contributed by atoms with E-state index in [1.54, 1.807) is 7.11 Å². The Labute approximate surface area is 178 Å². The molecule has 4 aromatic rings. The third-order valence-corrected chi connectivity index (χ3v) is 5.77. The Morgan fingerprint density at radius 1 is 0.967 bits per heavy atom. The molecule has 2 N–H and O–H groups in total. The smallest absolute Gasteiger partial charge is 0.235 e. The van der Waals surface area contributed by atoms with Gasteiger partial charge in [-0.2, -0.15) is 0 Å². The summed E-state index contributed by atoms with van der Waals surface area (Å²) in [6.07, 6.45) is 0. The number of nitrogens with two attached hydrogens (primary N) is 1. The Bertz CT molecular complexity index is 1150. The highest BCUT2D eigenvalue weighted by Gasteiger charge is 2.25. The van der Waals surface area contributed by atoms with Crippen LogP contribution in [0.5, 0.6) is 5.75 Å². The average Bonchev–Trinajstić information content (AvgIpc) is 3.22. The first-order chi connectivity index (χ1) is 14.7. The lowest BCUT2D eigenvalue weighted by Gasteiger charge is -2.15. The van der Waals surface area contributed by atoms with E-state index in [9.17, 15) is 4.79 Å². The van der Waals surface area contributed by atoms with Gasteiger partial charge in [0, 0.05) is 11.3 Å². The van der Waals surface area contributed by atoms with E-state index in [1.807, 2.05) is 89.5 Å². The number of thioether (sulfide) groups is 1. The highest BCUT2D eigenvalue weighted by molar-refractivity contribution is 8.00. The largest absolute Gasteiger partial charge is 0.497 e. The van der Waals surface area contributed by atoms with Gasteiger partial charge in [-0.1, -0.05) is 72.4 Å². The summed E-state index contributed by atoms with van der Waals surface area (Å²) in [6, 6.07) is 26.9. The number of carbonyl (C=O) groups is 1. The van der Waals surface area contributed by atoms with Crippen molar-refractivity contribution in [2.45, 2.75) is 10.4 Å². The molecule has 3 aromatic carbocycles. The number of aromatic nitrogens is 3. The Kier molecular flexibility index (Phi) is 5.81. The second-order valence-electron chi connectivity index (χ2n) is 6.52. The predicted molar refractivity (Wildman–Crippen MR) is 118 cm³/mol. The molecule has 7 heteroatoms. The third kappa shape index (κ3) is 4.06. The number of carbonyl (C=O) groups excluding carboxylic acids is 1. The van der Waals surface area contributed by atoms with Crippen molar-refractivity contribution in [2.24, 2.45) is 5.73 Å². The molecule has 150 valence electrons. The van der Waals surface area contributed by atoms with E-state index in [-0.39, 0.29) is 0 Å². The molecule has 1 heterocycles. The van der Waals surface area contributed by atoms with Crippen LogP contribution in [0, 0.1) is 0 Å². The van der Waals surface area contributed by atoms with Crippen molar-refractivity contribution in [1.29, 1.82) is 0 Å². The van der Waals surface area contributed by atoms with Crippen LogP contribution in [0.15, 0.2) is 90.1 Å². The van der Waals surface area contributed by atoms with Gasteiger partial charge in [0.05, 0.1) is 7.11 Å². The average molecular weight is 417 g/mol. The van der Waals surface area contributed by atoms with Crippen LogP contribution in [0.2, 0.25) is 0 Å². The number of nitrogens with zero attached hydrogens (tertiary/aromatic N) is 3. The van der Waals surface area contributed by atoms with E-state index < -0.39 is 11.2 Å². The number of methoxy groups -OCH3 is 1. The molecule has 6 nitrogen and oxygen atoms in total. The van der Waals surface area contributed by atoms with E-state index in [1.165, 1.54) is 11.8 Å². The molecule has 0 aliphatic heterocycles. The van der Waals surface area contributed by atoms with Crippen LogP contribution in [0.25, 0.3) is 17.1 Å². The maximum Gasteiger partial charge on any atom is 0.235 e. The second kappa shape index (κ2) is 8.84. The molecule has 1 amide bonds. The summed E-state index contributed by atoms with van der Waals surface area (Å²) in [5, 5.41) is 8.82. The number of ether oxygens (including phenoxy) is 1. The van der Waals surface area contributed by atoms with Crippen LogP contribution in [-0.4, -0.2) is 27.8 Å². The minimum Gasteiger partial charge on any atom is -0.497 e. The normalized spacial score (nSPS) is 11.8. The van der Waals surface area contributed by atoms with Gasteiger partial charge in [0.2, 0.25) is 5.91 Å². The van der Waals surface area contributed by atoms with Crippen molar-refractivity contribution in [3.8, 4) is 22.8 Å². The van der Waals surface area contributed by atoms with Crippen molar-refractivity contribution in [2.75, 3.05) is 7.11 Å². The van der Waals surface area contributed by atoms with Crippen molar-refractivity contribution in [3.63, 3.8) is 0 Å². The molecular weight excluding hydrogens is 396 g/mol. The minimum absolute atomic E-state index is 0.434. The maximum absolute atomic E-state index is 12.2. The van der Waals surface area contributed by atoms with Crippen LogP contribution < -0.4 is 10.5 Å². The van der Waals surface area contributed by atoms with Crippen LogP contribution in [0.4, 0.5) is 0 Å². The topological polar surface area (TPSA) is 83.0 Å². The molecule has 1 aromatic heterocycles. The summed E-state index contributed by atoms with van der Waals surface area (Å²) in [7, 11) is 1.62. The number of amides is 1. The molecule has 0 radical (unpaired) electrons. The fourth-order valence-electron chi connectivity index (χ4n) is 3.13. The standard InChI is InChI=1S/C23H20N4O2S/c1-29-19-14-8-11-17(15-19)22-25-26-23(27(22)18-12-6-3-7-13-18)30-20(21(24)28)16-9-4-2-5-10-16/h2-15,20H,1H3,(H2,24,28). The highest BCUT2D eigenvalue weighted by Crippen LogP contribution is 2.37. The van der Waals surface area contributed by atoms with E-state index in [0.717, 1.165) is 22.6 Å². The van der Waals surface area contributed by atoms with Gasteiger partial charge in [-0.25, -0.2) is 0 Å². The molecule has 0 saturated heterocycles. The molecule has 0 spiro atoms. The summed E-state index contributed by atoms with van der Waals surface area (Å²) in [5.41, 5.74) is 8.29. The first kappa shape index (κ1) is 19.7. The van der Waals surface area contributed by atoms with Crippen molar-refractivity contribution >= 4 is 17.7 Å². The fourth-order valence-corrected chi connectivity index (χ4v) is 4.13. The summed E-state index contributed by atoms with van der Waals surface area (Å²) >= 11 is 1.28. The maximum atomic E-state index is 12.2. The number of primary amides is 1. The van der Waals surface area contributed by atoms with Crippen molar-refractivity contribution in [1.82, 2.24) is 14.8 Å². The van der Waals surface area contributed by atoms with E-state index in [0.29, 0.717) is 11.0 Å². The molecule has 30 heavy (non-hydrogen) atoms. The second-order valence-corrected chi connectivity index (χ2v) is 7.59. The minimum atomic E-state index is -0.587. The lowest BCUT2D eigenvalue weighted by atomic mass is 10.1. The van der Waals surface area contributed by atoms with Crippen LogP contribution in [0.1, 0.15) is 10.8 Å². The zero-order valence-corrected chi connectivity index (χ0v) is 17.1. The van der Waals surface area contributed by atoms with Crippen molar-refractivity contribution < 1.29 is 9.53 Å². The SMILES string of the molecule is COc1cccc(-c2nnc(SC(C(N)=O)c3ccccc3)n2-c2ccccc2)c1. The molecule has 1 unspecified atom stereocenters. The molecule has 0 fully saturated rings. The molecule has 1 atom stereocenters. The van der Waals surface area contributed by atoms with Crippen LogP contribution in [-0.2, 0) is 4.79 Å². The van der Waals surface area contributed by atoms with Gasteiger partial charge in [-0.15, -0.1) is 10.2 Å². The van der Waals surface area contributed by atoms with E-state index in [4.69, 9.17) is 10.5 Å². The number of benzene rings is 3. The molecule has 0 bridgehead atoms. The Hall–Kier alpha value is -3.58. The molecule has 0 saturated carbocycles. The number of rotatable bonds is 7. The molecule has 0 aliphatic carbocycles. The van der Waals surface area contributed by atoms with Gasteiger partial charge in [-0.05, 0) is 29.8 Å². The summed E-state index contributed by atoms with van der Waals surface area (Å²) in [4.78, 5) is 12.2. The molecule has 0 aliphatic rings. The number of para-hydroxylation sites is 1.